The highest BCUT2D eigenvalue weighted by Crippen LogP contribution is 2.40. The van der Waals surface area contributed by atoms with Gasteiger partial charge < -0.3 is 10.2 Å². The van der Waals surface area contributed by atoms with Gasteiger partial charge in [0, 0.05) is 5.38 Å². The van der Waals surface area contributed by atoms with Crippen molar-refractivity contribution in [2.45, 2.75) is 5.54 Å². The number of thiazole rings is 1. The van der Waals surface area contributed by atoms with Gasteiger partial charge in [-0.05, 0) is 16.7 Å². The van der Waals surface area contributed by atoms with Crippen LogP contribution in [0.1, 0.15) is 22.4 Å². The van der Waals surface area contributed by atoms with Crippen molar-refractivity contribution >= 4 is 22.7 Å². The summed E-state index contributed by atoms with van der Waals surface area (Å²) in [5.74, 6) is 0. The zero-order chi connectivity index (χ0) is 19.9. The molecule has 0 atom stereocenters. The average Bonchev–Trinajstić information content (AvgIpc) is 3.25. The van der Waals surface area contributed by atoms with Crippen LogP contribution < -0.4 is 5.32 Å². The summed E-state index contributed by atoms with van der Waals surface area (Å²) in [7, 11) is 1.49. The van der Waals surface area contributed by atoms with Gasteiger partial charge in [-0.2, -0.15) is 0 Å². The van der Waals surface area contributed by atoms with E-state index in [1.807, 2.05) is 23.6 Å². The molecular formula is C24H20N3OS. The fourth-order valence-corrected chi connectivity index (χ4v) is 4.11. The van der Waals surface area contributed by atoms with Crippen molar-refractivity contribution in [3.8, 4) is 0 Å². The van der Waals surface area contributed by atoms with Crippen molar-refractivity contribution in [3.05, 3.63) is 119 Å². The summed E-state index contributed by atoms with van der Waals surface area (Å²) in [6.45, 7) is 0. The van der Waals surface area contributed by atoms with E-state index in [4.69, 9.17) is 4.84 Å². The van der Waals surface area contributed by atoms with E-state index in [9.17, 15) is 0 Å². The Hall–Kier alpha value is -3.44. The molecule has 0 aliphatic heterocycles. The highest BCUT2D eigenvalue weighted by atomic mass is 32.1. The molecule has 0 amide bonds. The molecule has 5 heteroatoms. The van der Waals surface area contributed by atoms with Crippen molar-refractivity contribution in [2.24, 2.45) is 5.16 Å². The van der Waals surface area contributed by atoms with E-state index >= 15 is 0 Å². The third-order valence-corrected chi connectivity index (χ3v) is 5.43. The second kappa shape index (κ2) is 8.71. The number of rotatable bonds is 7. The number of benzene rings is 3. The van der Waals surface area contributed by atoms with Gasteiger partial charge in [-0.3, -0.25) is 0 Å². The van der Waals surface area contributed by atoms with Gasteiger partial charge in [0.05, 0.1) is 0 Å². The molecule has 0 fully saturated rings. The molecule has 0 saturated carbocycles. The van der Waals surface area contributed by atoms with Gasteiger partial charge in [-0.1, -0.05) is 96.2 Å². The van der Waals surface area contributed by atoms with Crippen molar-refractivity contribution in [2.75, 3.05) is 12.4 Å². The maximum atomic E-state index is 4.72. The summed E-state index contributed by atoms with van der Waals surface area (Å²) in [5, 5.41) is 10.1. The Morgan fingerprint density at radius 2 is 1.31 bits per heavy atom. The predicted molar refractivity (Wildman–Crippen MR) is 118 cm³/mol. The topological polar surface area (TPSA) is 46.5 Å². The minimum Gasteiger partial charge on any atom is -0.399 e. The van der Waals surface area contributed by atoms with Crippen molar-refractivity contribution < 1.29 is 4.84 Å². The maximum absolute atomic E-state index is 4.72. The van der Waals surface area contributed by atoms with Crippen molar-refractivity contribution in [1.82, 2.24) is 4.98 Å². The quantitative estimate of drug-likeness (QED) is 0.257. The molecule has 0 saturated heterocycles. The summed E-state index contributed by atoms with van der Waals surface area (Å²) in [6, 6.07) is 31.3. The lowest BCUT2D eigenvalue weighted by Crippen LogP contribution is -2.38. The molecule has 3 aromatic carbocycles. The number of nitrogens with zero attached hydrogens (tertiary/aromatic N) is 2. The van der Waals surface area contributed by atoms with E-state index in [0.717, 1.165) is 21.8 Å². The monoisotopic (exact) mass is 398 g/mol. The summed E-state index contributed by atoms with van der Waals surface area (Å²) in [5.41, 5.74) is 3.41. The highest BCUT2D eigenvalue weighted by molar-refractivity contribution is 7.13. The van der Waals surface area contributed by atoms with Crippen LogP contribution in [-0.4, -0.2) is 18.3 Å². The van der Waals surface area contributed by atoms with Gasteiger partial charge in [0.1, 0.15) is 18.3 Å². The SMILES string of the molecule is CO/N=[C]\c1csc(NC(c2ccccc2)(c2ccccc2)c2ccccc2)n1. The molecule has 1 N–H and O–H groups in total. The molecule has 29 heavy (non-hydrogen) atoms. The standard InChI is InChI=1S/C24H20N3OS/c1-28-25-17-22-18-29-23(26-22)27-24(19-11-5-2-6-12-19,20-13-7-3-8-14-20)21-15-9-4-10-16-21/h2-16,18H,1H3,(H,26,27). The van der Waals surface area contributed by atoms with Gasteiger partial charge in [-0.25, -0.2) is 4.98 Å². The Bertz CT molecular complexity index is 966. The molecule has 1 aromatic heterocycles. The van der Waals surface area contributed by atoms with Crippen LogP contribution in [0.5, 0.6) is 0 Å². The number of nitrogens with one attached hydrogen (secondary N) is 1. The molecule has 0 aliphatic carbocycles. The molecule has 4 aromatic rings. The van der Waals surface area contributed by atoms with Gasteiger partial charge in [0.15, 0.2) is 11.3 Å². The molecule has 0 bridgehead atoms. The van der Waals surface area contributed by atoms with Crippen LogP contribution in [0.3, 0.4) is 0 Å². The Morgan fingerprint density at radius 1 is 0.828 bits per heavy atom. The largest absolute Gasteiger partial charge is 0.399 e. The number of hydrogen-bond donors (Lipinski definition) is 1. The number of aromatic nitrogens is 1. The van der Waals surface area contributed by atoms with Crippen molar-refractivity contribution in [3.63, 3.8) is 0 Å². The van der Waals surface area contributed by atoms with E-state index in [1.165, 1.54) is 18.4 Å². The van der Waals surface area contributed by atoms with Crippen LogP contribution >= 0.6 is 11.3 Å². The van der Waals surface area contributed by atoms with E-state index in [2.05, 4.69) is 94.5 Å². The Balaban J connectivity index is 1.90. The first-order chi connectivity index (χ1) is 14.3. The summed E-state index contributed by atoms with van der Waals surface area (Å²) >= 11 is 1.51. The third kappa shape index (κ3) is 3.91. The molecule has 0 aliphatic rings. The smallest absolute Gasteiger partial charge is 0.184 e. The van der Waals surface area contributed by atoms with E-state index in [0.29, 0.717) is 5.69 Å². The number of anilines is 1. The van der Waals surface area contributed by atoms with Crippen LogP contribution in [0, 0.1) is 0 Å². The maximum Gasteiger partial charge on any atom is 0.184 e. The zero-order valence-corrected chi connectivity index (χ0v) is 16.8. The van der Waals surface area contributed by atoms with E-state index in [-0.39, 0.29) is 0 Å². The number of hydrogen-bond acceptors (Lipinski definition) is 5. The zero-order valence-electron chi connectivity index (χ0n) is 15.9. The Morgan fingerprint density at radius 3 is 1.76 bits per heavy atom. The third-order valence-electron chi connectivity index (χ3n) is 4.67. The molecule has 4 nitrogen and oxygen atoms in total. The fourth-order valence-electron chi connectivity index (χ4n) is 3.42. The summed E-state index contributed by atoms with van der Waals surface area (Å²) in [4.78, 5) is 9.35. The molecule has 1 radical (unpaired) electrons. The Labute approximate surface area is 174 Å². The molecule has 1 heterocycles. The second-order valence-electron chi connectivity index (χ2n) is 6.40. The molecule has 0 unspecified atom stereocenters. The lowest BCUT2D eigenvalue weighted by Gasteiger charge is -2.36. The van der Waals surface area contributed by atoms with Crippen LogP contribution in [0.2, 0.25) is 0 Å². The van der Waals surface area contributed by atoms with Gasteiger partial charge in [0.2, 0.25) is 0 Å². The molecule has 143 valence electrons. The normalized spacial score (nSPS) is 11.5. The fraction of sp³-hybridized carbons (Fsp3) is 0.0833. The van der Waals surface area contributed by atoms with Gasteiger partial charge in [-0.15, -0.1) is 11.3 Å². The van der Waals surface area contributed by atoms with Crippen LogP contribution in [-0.2, 0) is 10.4 Å². The van der Waals surface area contributed by atoms with Crippen LogP contribution in [0.25, 0.3) is 0 Å². The first kappa shape index (κ1) is 18.9. The molecular weight excluding hydrogens is 378 g/mol. The van der Waals surface area contributed by atoms with Crippen LogP contribution in [0.4, 0.5) is 5.13 Å². The minimum atomic E-state index is -0.600. The molecule has 4 rings (SSSR count). The first-order valence-electron chi connectivity index (χ1n) is 9.22. The van der Waals surface area contributed by atoms with E-state index in [1.54, 1.807) is 0 Å². The van der Waals surface area contributed by atoms with Gasteiger partial charge >= 0.3 is 0 Å². The summed E-state index contributed by atoms with van der Waals surface area (Å²) < 4.78 is 0. The molecule has 0 spiro atoms. The lowest BCUT2D eigenvalue weighted by atomic mass is 9.77. The van der Waals surface area contributed by atoms with E-state index < -0.39 is 5.54 Å². The van der Waals surface area contributed by atoms with Crippen molar-refractivity contribution in [1.29, 1.82) is 0 Å². The average molecular weight is 399 g/mol. The van der Waals surface area contributed by atoms with Crippen LogP contribution in [0.15, 0.2) is 102 Å². The second-order valence-corrected chi connectivity index (χ2v) is 7.25. The summed E-state index contributed by atoms with van der Waals surface area (Å²) in [6.07, 6.45) is 2.78. The highest BCUT2D eigenvalue weighted by Gasteiger charge is 2.37. The lowest BCUT2D eigenvalue weighted by molar-refractivity contribution is 0.215. The Kier molecular flexibility index (Phi) is 5.68. The minimum absolute atomic E-state index is 0.600. The van der Waals surface area contributed by atoms with Gasteiger partial charge in [0.25, 0.3) is 0 Å². The first-order valence-corrected chi connectivity index (χ1v) is 10.1. The predicted octanol–water partition coefficient (Wildman–Crippen LogP) is 5.40.